The molecule has 1 heterocycles. The molecule has 0 amide bonds. The van der Waals surface area contributed by atoms with Crippen LogP contribution < -0.4 is 4.74 Å². The maximum atomic E-state index is 13.0. The summed E-state index contributed by atoms with van der Waals surface area (Å²) in [5, 5.41) is 0. The Hall–Kier alpha value is -1.52. The van der Waals surface area contributed by atoms with Gasteiger partial charge in [0.15, 0.2) is 5.78 Å². The van der Waals surface area contributed by atoms with Crippen LogP contribution in [0.15, 0.2) is 18.2 Å². The minimum Gasteiger partial charge on any atom is -0.485 e. The summed E-state index contributed by atoms with van der Waals surface area (Å²) in [5.41, 5.74) is -0.987. The van der Waals surface area contributed by atoms with Gasteiger partial charge in [0.2, 0.25) is 0 Å². The Bertz CT molecular complexity index is 694. The highest BCUT2D eigenvalue weighted by atomic mass is 19.4. The number of rotatable bonds is 0. The topological polar surface area (TPSA) is 26.3 Å². The lowest BCUT2D eigenvalue weighted by Gasteiger charge is -2.61. The monoisotopic (exact) mass is 336 g/mol. The minimum absolute atomic E-state index is 0.0579. The lowest BCUT2D eigenvalue weighted by Crippen LogP contribution is -2.62. The summed E-state index contributed by atoms with van der Waals surface area (Å²) in [5.74, 6) is 2.17. The van der Waals surface area contributed by atoms with Crippen molar-refractivity contribution in [2.75, 3.05) is 0 Å². The summed E-state index contributed by atoms with van der Waals surface area (Å²) in [7, 11) is 0. The zero-order chi connectivity index (χ0) is 16.7. The van der Waals surface area contributed by atoms with Crippen LogP contribution in [-0.4, -0.2) is 11.4 Å². The van der Waals surface area contributed by atoms with Crippen molar-refractivity contribution in [2.45, 2.75) is 50.3 Å². The lowest BCUT2D eigenvalue weighted by atomic mass is 9.48. The molecular weight excluding hydrogens is 317 g/mol. The van der Waals surface area contributed by atoms with Gasteiger partial charge in [-0.05, 0) is 74.0 Å². The fourth-order valence-corrected chi connectivity index (χ4v) is 6.04. The van der Waals surface area contributed by atoms with Crippen LogP contribution in [0.5, 0.6) is 5.75 Å². The SMILES string of the molecule is O=C1CC2(Oc3cc(C(F)(F)F)ccc31)C1CC3CC(C1)CC2C3. The summed E-state index contributed by atoms with van der Waals surface area (Å²) >= 11 is 0. The van der Waals surface area contributed by atoms with Gasteiger partial charge in [-0.2, -0.15) is 13.2 Å². The smallest absolute Gasteiger partial charge is 0.416 e. The third-order valence-electron chi connectivity index (χ3n) is 6.87. The fourth-order valence-electron chi connectivity index (χ4n) is 6.04. The Balaban J connectivity index is 1.57. The van der Waals surface area contributed by atoms with Crippen molar-refractivity contribution < 1.29 is 22.7 Å². The van der Waals surface area contributed by atoms with Crippen LogP contribution >= 0.6 is 0 Å². The van der Waals surface area contributed by atoms with Gasteiger partial charge >= 0.3 is 6.18 Å². The first-order valence-corrected chi connectivity index (χ1v) is 8.78. The number of ketones is 1. The Labute approximate surface area is 138 Å². The lowest BCUT2D eigenvalue weighted by molar-refractivity contribution is -0.158. The van der Waals surface area contributed by atoms with Crippen LogP contribution in [0.25, 0.3) is 0 Å². The second-order valence-corrected chi connectivity index (χ2v) is 8.17. The van der Waals surface area contributed by atoms with Gasteiger partial charge in [-0.15, -0.1) is 0 Å². The van der Waals surface area contributed by atoms with E-state index in [0.717, 1.165) is 49.7 Å². The minimum atomic E-state index is -4.42. The summed E-state index contributed by atoms with van der Waals surface area (Å²) in [6.45, 7) is 0. The van der Waals surface area contributed by atoms with Crippen LogP contribution in [0, 0.1) is 23.7 Å². The van der Waals surface area contributed by atoms with Crippen LogP contribution in [-0.2, 0) is 6.18 Å². The van der Waals surface area contributed by atoms with E-state index < -0.39 is 17.3 Å². The summed E-state index contributed by atoms with van der Waals surface area (Å²) < 4.78 is 45.4. The molecule has 5 aliphatic rings. The molecule has 1 aromatic rings. The average Bonchev–Trinajstić information content (AvgIpc) is 2.51. The molecule has 0 radical (unpaired) electrons. The van der Waals surface area contributed by atoms with Crippen molar-refractivity contribution in [1.29, 1.82) is 0 Å². The molecule has 4 saturated carbocycles. The van der Waals surface area contributed by atoms with Crippen molar-refractivity contribution in [3.05, 3.63) is 29.3 Å². The first-order valence-electron chi connectivity index (χ1n) is 8.78. The molecule has 0 aromatic heterocycles. The zero-order valence-corrected chi connectivity index (χ0v) is 13.2. The molecule has 2 nitrogen and oxygen atoms in total. The maximum absolute atomic E-state index is 13.0. The predicted octanol–water partition coefficient (Wildman–Crippen LogP) is 4.87. The number of Topliss-reactive ketones (excluding diaryl/α,β-unsaturated/α-hetero) is 1. The average molecular weight is 336 g/mol. The molecule has 1 aromatic carbocycles. The van der Waals surface area contributed by atoms with Gasteiger partial charge in [-0.3, -0.25) is 4.79 Å². The van der Waals surface area contributed by atoms with Crippen molar-refractivity contribution >= 4 is 5.78 Å². The van der Waals surface area contributed by atoms with E-state index in [9.17, 15) is 18.0 Å². The second-order valence-electron chi connectivity index (χ2n) is 8.17. The number of carbonyl (C=O) groups excluding carboxylic acids is 1. The summed E-state index contributed by atoms with van der Waals surface area (Å²) in [6.07, 6.45) is 1.45. The van der Waals surface area contributed by atoms with Gasteiger partial charge in [0.25, 0.3) is 0 Å². The highest BCUT2D eigenvalue weighted by Gasteiger charge is 2.61. The molecule has 0 saturated heterocycles. The van der Waals surface area contributed by atoms with Crippen LogP contribution in [0.2, 0.25) is 0 Å². The van der Waals surface area contributed by atoms with Gasteiger partial charge < -0.3 is 4.74 Å². The maximum Gasteiger partial charge on any atom is 0.416 e. The second kappa shape index (κ2) is 4.55. The molecule has 4 fully saturated rings. The molecule has 24 heavy (non-hydrogen) atoms. The standard InChI is InChI=1S/C19H19F3O2/c20-19(21,22)12-1-2-15-16(23)9-18(24-17(15)8-12)13-4-10-3-11(6-13)7-14(18)5-10/h1-2,8,10-11,13-14H,3-7,9H2. The molecule has 5 heteroatoms. The number of benzene rings is 1. The van der Waals surface area contributed by atoms with E-state index in [0.29, 0.717) is 23.8 Å². The number of fused-ring (bicyclic) bond motifs is 1. The van der Waals surface area contributed by atoms with E-state index in [2.05, 4.69) is 0 Å². The van der Waals surface area contributed by atoms with E-state index >= 15 is 0 Å². The normalized spacial score (nSPS) is 39.9. The first-order chi connectivity index (χ1) is 11.3. The number of carbonyl (C=O) groups is 1. The number of hydrogen-bond acceptors (Lipinski definition) is 2. The largest absolute Gasteiger partial charge is 0.485 e. The van der Waals surface area contributed by atoms with Crippen molar-refractivity contribution in [2.24, 2.45) is 23.7 Å². The summed E-state index contributed by atoms with van der Waals surface area (Å²) in [4.78, 5) is 12.7. The Morgan fingerprint density at radius 2 is 1.62 bits per heavy atom. The van der Waals surface area contributed by atoms with E-state index in [-0.39, 0.29) is 11.5 Å². The molecule has 0 unspecified atom stereocenters. The fraction of sp³-hybridized carbons (Fsp3) is 0.632. The Kier molecular flexibility index (Phi) is 2.81. The highest BCUT2D eigenvalue weighted by molar-refractivity contribution is 6.00. The number of halogens is 3. The van der Waals surface area contributed by atoms with Crippen molar-refractivity contribution in [3.63, 3.8) is 0 Å². The third kappa shape index (κ3) is 1.93. The molecule has 4 aliphatic carbocycles. The quantitative estimate of drug-likeness (QED) is 0.676. The molecule has 128 valence electrons. The van der Waals surface area contributed by atoms with Crippen LogP contribution in [0.1, 0.15) is 54.4 Å². The van der Waals surface area contributed by atoms with Gasteiger partial charge in [0.1, 0.15) is 11.4 Å². The van der Waals surface area contributed by atoms with Gasteiger partial charge in [0, 0.05) is 0 Å². The Morgan fingerprint density at radius 3 is 2.21 bits per heavy atom. The first kappa shape index (κ1) is 14.8. The van der Waals surface area contributed by atoms with Crippen LogP contribution in [0.4, 0.5) is 13.2 Å². The van der Waals surface area contributed by atoms with E-state index in [1.165, 1.54) is 12.5 Å². The van der Waals surface area contributed by atoms with Crippen molar-refractivity contribution in [1.82, 2.24) is 0 Å². The highest BCUT2D eigenvalue weighted by Crippen LogP contribution is 2.62. The molecule has 4 bridgehead atoms. The van der Waals surface area contributed by atoms with E-state index in [4.69, 9.17) is 4.74 Å². The number of alkyl halides is 3. The van der Waals surface area contributed by atoms with E-state index in [1.54, 1.807) is 0 Å². The van der Waals surface area contributed by atoms with E-state index in [1.807, 2.05) is 0 Å². The number of hydrogen-bond donors (Lipinski definition) is 0. The molecular formula is C19H19F3O2. The zero-order valence-electron chi connectivity index (χ0n) is 13.2. The summed E-state index contributed by atoms with van der Waals surface area (Å²) in [6, 6.07) is 3.29. The van der Waals surface area contributed by atoms with Crippen molar-refractivity contribution in [3.8, 4) is 5.75 Å². The van der Waals surface area contributed by atoms with Gasteiger partial charge in [-0.25, -0.2) is 0 Å². The molecule has 0 atom stereocenters. The number of ether oxygens (including phenoxy) is 1. The van der Waals surface area contributed by atoms with Crippen LogP contribution in [0.3, 0.4) is 0 Å². The molecule has 1 spiro atoms. The molecule has 0 N–H and O–H groups in total. The molecule has 1 aliphatic heterocycles. The molecule has 6 rings (SSSR count). The van der Waals surface area contributed by atoms with Gasteiger partial charge in [-0.1, -0.05) is 0 Å². The predicted molar refractivity (Wildman–Crippen MR) is 80.8 cm³/mol. The Morgan fingerprint density at radius 1 is 1.00 bits per heavy atom. The van der Waals surface area contributed by atoms with Gasteiger partial charge in [0.05, 0.1) is 17.5 Å². The third-order valence-corrected chi connectivity index (χ3v) is 6.87.